The summed E-state index contributed by atoms with van der Waals surface area (Å²) in [5, 5.41) is 49.2. The first-order valence-corrected chi connectivity index (χ1v) is 40.1. The van der Waals surface area contributed by atoms with Gasteiger partial charge in [0.1, 0.15) is 0 Å². The van der Waals surface area contributed by atoms with E-state index in [1.54, 1.807) is 4.90 Å². The highest BCUT2D eigenvalue weighted by Crippen LogP contribution is 2.30. The first-order valence-electron chi connectivity index (χ1n) is 40.1. The van der Waals surface area contributed by atoms with Crippen molar-refractivity contribution in [1.82, 2.24) is 40.0 Å². The quantitative estimate of drug-likeness (QED) is 0.0598. The number of morpholine rings is 1. The number of nitrogens with one attached hydrogen (secondary N) is 2. The lowest BCUT2D eigenvalue weighted by molar-refractivity contribution is -0.145. The second kappa shape index (κ2) is 58.8. The minimum atomic E-state index is -0.519. The summed E-state index contributed by atoms with van der Waals surface area (Å²) in [5.41, 5.74) is 0.486. The maximum Gasteiger partial charge on any atom is 0.225 e. The normalized spacial score (nSPS) is 19.5. The maximum absolute atomic E-state index is 11.6. The summed E-state index contributed by atoms with van der Waals surface area (Å²) < 4.78 is 20.5. The SMILES string of the molecule is CC(C)C(=O)N(C)C1CCOCC1.CC(C)C(=O)N(C)C1COC1.CC(C)C(=O)N1CCC(O)CC1.CC(C)C(=O)N1CCOCC1.CC(C)C(=O)NCCO.CC(C)C1COCC1O.CC(C)C[C@@H](O)CO.CC1CCN(C(=O)C(C)C)C1.CC1CN(CC(C)(C)C(C)C)C1.CCCNC(=O)C(C)C. The standard InChI is InChI=1S/C11H23N.C10H19NO2.C9H17NO2.C9H17NO.2C8H15NO2.C7H15NO.C7H14O2.C6H13NO2.C6H14O2/c1-9(2)11(4,5)8-12-6-10(3)7-12;1-8(2)10(12)11(3)9-4-6-13-7-5-9;1-7(2)9(12)10-5-3-8(11)4-6-10;1-7(2)9(11)10-5-4-8(3)6-10;1-6(2)8(10)9(3)7-4-11-5-7;1-7(2)8(10)9-3-5-11-6-4-9;1-4-5-8-7(9)6(2)3;1-5(2)6-3-9-4-7(6)8;1-5(2)6(9)7-3-4-8;1-5(2)3-6(8)4-7/h9-10H,6-8H2,1-5H3;8-9H,4-7H2,1-3H3;7-8,11H,3-6H2,1-2H3;7-8H,4-6H2,1-3H3;6-7H,4-5H2,1-3H3;7H,3-6H2,1-2H3;6H,4-5H2,1-3H3,(H,8,9);5-8H,3-4H2,1-2H3;5,8H,3-4H2,1-2H3,(H,7,9);5-8H,3-4H2,1-2H3/t;;;;;;;;;6-/m.........1/s1. The Morgan fingerprint density at radius 3 is 1.23 bits per heavy atom. The number of rotatable bonds is 20. The van der Waals surface area contributed by atoms with E-state index in [0.29, 0.717) is 93.1 Å². The molecule has 0 radical (unpaired) electrons. The van der Waals surface area contributed by atoms with Gasteiger partial charge in [-0.2, -0.15) is 0 Å². The molecule has 0 spiro atoms. The number of likely N-dealkylation sites (tertiary alicyclic amines) is 3. The van der Waals surface area contributed by atoms with Crippen molar-refractivity contribution in [3.05, 3.63) is 0 Å². The van der Waals surface area contributed by atoms with E-state index in [1.807, 2.05) is 151 Å². The lowest BCUT2D eigenvalue weighted by atomic mass is 9.79. The molecule has 7 aliphatic heterocycles. The van der Waals surface area contributed by atoms with Gasteiger partial charge in [-0.1, -0.05) is 173 Å². The summed E-state index contributed by atoms with van der Waals surface area (Å²) in [6.07, 6.45) is 5.38. The molecule has 0 saturated carbocycles. The number of piperidine rings is 1. The zero-order valence-electron chi connectivity index (χ0n) is 71.6. The second-order valence-electron chi connectivity index (χ2n) is 33.4. The van der Waals surface area contributed by atoms with Crippen LogP contribution in [0.5, 0.6) is 0 Å². The summed E-state index contributed by atoms with van der Waals surface area (Å²) in [7, 11) is 3.74. The third-order valence-electron chi connectivity index (χ3n) is 19.2. The molecule has 0 aromatic heterocycles. The van der Waals surface area contributed by atoms with E-state index in [0.717, 1.165) is 110 Å². The Morgan fingerprint density at radius 2 is 0.914 bits per heavy atom. The molecule has 7 aliphatic rings. The monoisotopic (exact) mass is 1500 g/mol. The molecule has 7 fully saturated rings. The zero-order valence-corrected chi connectivity index (χ0v) is 71.6. The highest BCUT2D eigenvalue weighted by Gasteiger charge is 2.33. The van der Waals surface area contributed by atoms with Gasteiger partial charge in [0.05, 0.1) is 77.2 Å². The van der Waals surface area contributed by atoms with Gasteiger partial charge in [0.2, 0.25) is 41.4 Å². The summed E-state index contributed by atoms with van der Waals surface area (Å²) in [6.45, 7) is 66.5. The van der Waals surface area contributed by atoms with Gasteiger partial charge in [0.25, 0.3) is 0 Å². The molecule has 105 heavy (non-hydrogen) atoms. The number of hydrogen-bond acceptors (Lipinski definition) is 17. The fourth-order valence-corrected chi connectivity index (χ4v) is 11.2. The van der Waals surface area contributed by atoms with Gasteiger partial charge in [0, 0.05) is 153 Å². The fraction of sp³-hybridized carbons (Fsp3) is 0.914. The molecule has 0 aromatic carbocycles. The molecule has 0 aromatic rings. The largest absolute Gasteiger partial charge is 0.395 e. The highest BCUT2D eigenvalue weighted by atomic mass is 16.5. The molecular formula is C81H162N8O16. The van der Waals surface area contributed by atoms with Gasteiger partial charge in [-0.25, -0.2) is 0 Å². The van der Waals surface area contributed by atoms with Gasteiger partial charge >= 0.3 is 0 Å². The first kappa shape index (κ1) is 105. The fourth-order valence-electron chi connectivity index (χ4n) is 11.2. The third kappa shape index (κ3) is 48.9. The average Bonchev–Trinajstić information content (AvgIpc) is 1.84. The predicted molar refractivity (Wildman–Crippen MR) is 423 cm³/mol. The van der Waals surface area contributed by atoms with Gasteiger partial charge in [0.15, 0.2) is 0 Å². The van der Waals surface area contributed by atoms with Gasteiger partial charge in [-0.05, 0) is 80.0 Å². The van der Waals surface area contributed by atoms with Crippen molar-refractivity contribution in [3.63, 3.8) is 0 Å². The van der Waals surface area contributed by atoms with Crippen LogP contribution < -0.4 is 10.6 Å². The number of ether oxygens (including phenoxy) is 4. The molecule has 0 aliphatic carbocycles. The van der Waals surface area contributed by atoms with Crippen molar-refractivity contribution in [2.45, 2.75) is 248 Å². The van der Waals surface area contributed by atoms with E-state index < -0.39 is 6.10 Å². The molecule has 4 atom stereocenters. The number of carbonyl (C=O) groups excluding carboxylic acids is 7. The van der Waals surface area contributed by atoms with Crippen molar-refractivity contribution in [2.75, 3.05) is 152 Å². The van der Waals surface area contributed by atoms with Gasteiger partial charge < -0.3 is 84.5 Å². The number of carbonyl (C=O) groups is 7. The number of amides is 7. The Morgan fingerprint density at radius 1 is 0.495 bits per heavy atom. The zero-order chi connectivity index (χ0) is 81.4. The van der Waals surface area contributed by atoms with Crippen LogP contribution in [0, 0.1) is 82.3 Å². The molecular weight excluding hydrogens is 1340 g/mol. The number of likely N-dealkylation sites (N-methyl/N-ethyl adjacent to an activating group) is 1. The van der Waals surface area contributed by atoms with Crippen molar-refractivity contribution in [2.24, 2.45) is 82.3 Å². The smallest absolute Gasteiger partial charge is 0.225 e. The van der Waals surface area contributed by atoms with E-state index in [1.165, 1.54) is 26.1 Å². The maximum atomic E-state index is 11.6. The van der Waals surface area contributed by atoms with E-state index in [4.69, 9.17) is 34.3 Å². The minimum absolute atomic E-state index is 0.0101. The Labute approximate surface area is 639 Å². The summed E-state index contributed by atoms with van der Waals surface area (Å²) >= 11 is 0. The first-order chi connectivity index (χ1) is 48.8. The van der Waals surface area contributed by atoms with E-state index in [-0.39, 0.29) is 102 Å². The van der Waals surface area contributed by atoms with Crippen LogP contribution in [0.2, 0.25) is 0 Å². The molecule has 7 rings (SSSR count). The highest BCUT2D eigenvalue weighted by molar-refractivity contribution is 5.80. The molecule has 7 N–H and O–H groups in total. The van der Waals surface area contributed by atoms with Crippen LogP contribution in [0.15, 0.2) is 0 Å². The van der Waals surface area contributed by atoms with Crippen LogP contribution >= 0.6 is 0 Å². The lowest BCUT2D eigenvalue weighted by Crippen LogP contribution is -2.50. The molecule has 7 saturated heterocycles. The molecule has 3 unspecified atom stereocenters. The predicted octanol–water partition coefficient (Wildman–Crippen LogP) is 8.99. The van der Waals surface area contributed by atoms with Crippen molar-refractivity contribution in [3.8, 4) is 0 Å². The number of aliphatic hydroxyl groups is 5. The van der Waals surface area contributed by atoms with Crippen molar-refractivity contribution >= 4 is 41.4 Å². The molecule has 24 nitrogen and oxygen atoms in total. The van der Waals surface area contributed by atoms with Crippen LogP contribution in [0.1, 0.15) is 218 Å². The van der Waals surface area contributed by atoms with Gasteiger partial charge in [-0.15, -0.1) is 0 Å². The van der Waals surface area contributed by atoms with E-state index in [9.17, 15) is 43.8 Å². The minimum Gasteiger partial charge on any atom is -0.395 e. The molecule has 0 bridgehead atoms. The van der Waals surface area contributed by atoms with Crippen LogP contribution in [0.3, 0.4) is 0 Å². The molecule has 622 valence electrons. The third-order valence-corrected chi connectivity index (χ3v) is 19.2. The number of hydrogen-bond donors (Lipinski definition) is 7. The van der Waals surface area contributed by atoms with Crippen LogP contribution in [-0.4, -0.2) is 279 Å². The number of aliphatic hydroxyl groups excluding tert-OH is 5. The average molecular weight is 1500 g/mol. The Balaban J connectivity index is -0.00000110. The van der Waals surface area contributed by atoms with Crippen LogP contribution in [-0.2, 0) is 52.5 Å². The molecule has 7 amide bonds. The van der Waals surface area contributed by atoms with Crippen LogP contribution in [0.4, 0.5) is 0 Å². The Hall–Kier alpha value is -4.11. The Kier molecular flexibility index (Phi) is 58.8. The van der Waals surface area contributed by atoms with Crippen molar-refractivity contribution in [1.29, 1.82) is 0 Å². The molecule has 24 heteroatoms. The second-order valence-corrected chi connectivity index (χ2v) is 33.4. The van der Waals surface area contributed by atoms with E-state index in [2.05, 4.69) is 70.9 Å². The van der Waals surface area contributed by atoms with Gasteiger partial charge in [-0.3, -0.25) is 33.6 Å². The van der Waals surface area contributed by atoms with Crippen molar-refractivity contribution < 1.29 is 78.0 Å². The van der Waals surface area contributed by atoms with Crippen LogP contribution in [0.25, 0.3) is 0 Å². The molecule has 7 heterocycles. The van der Waals surface area contributed by atoms with E-state index >= 15 is 0 Å². The summed E-state index contributed by atoms with van der Waals surface area (Å²) in [6, 6.07) is 0.716. The summed E-state index contributed by atoms with van der Waals surface area (Å²) in [4.78, 5) is 90.6. The topological polar surface area (TPSA) is 301 Å². The lowest BCUT2D eigenvalue weighted by Gasteiger charge is -2.43. The summed E-state index contributed by atoms with van der Waals surface area (Å²) in [5.74, 6) is 5.87. The number of nitrogens with zero attached hydrogens (tertiary/aromatic N) is 6. The Bertz CT molecular complexity index is 2190.